The van der Waals surface area contributed by atoms with Crippen LogP contribution in [0.2, 0.25) is 0 Å². The van der Waals surface area contributed by atoms with E-state index in [0.29, 0.717) is 36.7 Å². The largest absolute Gasteiger partial charge is 0.486 e. The van der Waals surface area contributed by atoms with Gasteiger partial charge in [-0.3, -0.25) is 0 Å². The average Bonchev–Trinajstić information content (AvgIpc) is 2.75. The van der Waals surface area contributed by atoms with Crippen LogP contribution in [-0.4, -0.2) is 43.6 Å². The van der Waals surface area contributed by atoms with Gasteiger partial charge in [0.05, 0.1) is 19.3 Å². The first-order valence-electron chi connectivity index (χ1n) is 9.92. The fourth-order valence-corrected chi connectivity index (χ4v) is 3.48. The Morgan fingerprint density at radius 2 is 1.87 bits per heavy atom. The van der Waals surface area contributed by atoms with Gasteiger partial charge in [-0.15, -0.1) is 0 Å². The summed E-state index contributed by atoms with van der Waals surface area (Å²) >= 11 is 0. The zero-order valence-electron chi connectivity index (χ0n) is 16.5. The van der Waals surface area contributed by atoms with E-state index in [9.17, 15) is 10.5 Å². The Kier molecular flexibility index (Phi) is 5.99. The fourth-order valence-electron chi connectivity index (χ4n) is 3.48. The van der Waals surface area contributed by atoms with Gasteiger partial charge in [-0.1, -0.05) is 12.1 Å². The van der Waals surface area contributed by atoms with Crippen molar-refractivity contribution in [2.75, 3.05) is 32.2 Å². The molecule has 4 rings (SSSR count). The molecule has 8 nitrogen and oxygen atoms in total. The molecular formula is C22H22N4O4. The number of ether oxygens (including phenoxy) is 4. The summed E-state index contributed by atoms with van der Waals surface area (Å²) in [7, 11) is 0. The molecule has 154 valence electrons. The minimum absolute atomic E-state index is 0.0259. The molecule has 1 aromatic carbocycles. The Bertz CT molecular complexity index is 984. The van der Waals surface area contributed by atoms with E-state index in [0.717, 1.165) is 19.3 Å². The molecule has 2 saturated heterocycles. The number of rotatable bonds is 6. The van der Waals surface area contributed by atoms with Crippen LogP contribution in [0.1, 0.15) is 30.4 Å². The minimum Gasteiger partial charge on any atom is -0.486 e. The summed E-state index contributed by atoms with van der Waals surface area (Å²) in [6.45, 7) is 2.13. The molecule has 2 aliphatic heterocycles. The molecule has 1 unspecified atom stereocenters. The van der Waals surface area contributed by atoms with E-state index in [1.54, 1.807) is 24.3 Å². The summed E-state index contributed by atoms with van der Waals surface area (Å²) in [5.41, 5.74) is 7.42. The number of nitrogens with zero attached hydrogens (tertiary/aromatic N) is 3. The first-order valence-corrected chi connectivity index (χ1v) is 9.92. The molecule has 8 heteroatoms. The molecule has 1 atom stereocenters. The number of benzene rings is 1. The number of anilines is 1. The Hall–Kier alpha value is -3.33. The molecule has 2 aliphatic rings. The van der Waals surface area contributed by atoms with Gasteiger partial charge in [-0.25, -0.2) is 0 Å². The highest BCUT2D eigenvalue weighted by Gasteiger charge is 2.24. The summed E-state index contributed by atoms with van der Waals surface area (Å²) in [4.78, 5) is 4.18. The van der Waals surface area contributed by atoms with Crippen LogP contribution in [0, 0.1) is 22.7 Å². The van der Waals surface area contributed by atoms with Gasteiger partial charge in [-0.05, 0) is 37.0 Å². The monoisotopic (exact) mass is 406 g/mol. The minimum atomic E-state index is -0.0423. The number of aromatic nitrogens is 1. The molecule has 30 heavy (non-hydrogen) atoms. The van der Waals surface area contributed by atoms with Gasteiger partial charge < -0.3 is 24.7 Å². The van der Waals surface area contributed by atoms with Crippen molar-refractivity contribution in [3.8, 4) is 34.9 Å². The smallest absolute Gasteiger partial charge is 0.234 e. The number of hydrogen-bond donors (Lipinski definition) is 1. The molecule has 0 radical (unpaired) electrons. The number of pyridine rings is 1. The Labute approximate surface area is 174 Å². The molecule has 0 amide bonds. The van der Waals surface area contributed by atoms with E-state index in [-0.39, 0.29) is 41.6 Å². The van der Waals surface area contributed by atoms with E-state index in [1.807, 2.05) is 0 Å². The molecule has 0 spiro atoms. The molecule has 2 N–H and O–H groups in total. The van der Waals surface area contributed by atoms with Crippen molar-refractivity contribution in [2.24, 2.45) is 0 Å². The van der Waals surface area contributed by atoms with Gasteiger partial charge in [0.1, 0.15) is 47.5 Å². The maximum atomic E-state index is 9.83. The lowest BCUT2D eigenvalue weighted by Gasteiger charge is -2.26. The lowest BCUT2D eigenvalue weighted by molar-refractivity contribution is -0.0796. The van der Waals surface area contributed by atoms with Crippen LogP contribution in [-0.2, 0) is 9.47 Å². The van der Waals surface area contributed by atoms with Gasteiger partial charge in [0.25, 0.3) is 0 Å². The van der Waals surface area contributed by atoms with E-state index in [4.69, 9.17) is 24.7 Å². The standard InChI is InChI=1S/C22H22N4O4/c23-9-18-20(14-4-6-15(7-5-14)30-17-11-27-12-17)19(10-24)22(26-21(18)25)29-13-16-3-1-2-8-28-16/h4-7,16-17H,1-3,8,11-13H2,(H2,25,26). The van der Waals surface area contributed by atoms with E-state index in [1.165, 1.54) is 0 Å². The summed E-state index contributed by atoms with van der Waals surface area (Å²) in [5.74, 6) is 0.833. The maximum absolute atomic E-state index is 9.83. The van der Waals surface area contributed by atoms with Crippen molar-refractivity contribution in [3.05, 3.63) is 35.4 Å². The van der Waals surface area contributed by atoms with Crippen molar-refractivity contribution in [1.82, 2.24) is 4.98 Å². The van der Waals surface area contributed by atoms with Gasteiger partial charge in [0.2, 0.25) is 5.88 Å². The van der Waals surface area contributed by atoms with Crippen LogP contribution in [0.5, 0.6) is 11.6 Å². The predicted octanol–water partition coefficient (Wildman–Crippen LogP) is 2.80. The molecule has 3 heterocycles. The van der Waals surface area contributed by atoms with Crippen LogP contribution in [0.3, 0.4) is 0 Å². The molecule has 2 fully saturated rings. The molecule has 0 bridgehead atoms. The number of nitriles is 2. The third-order valence-corrected chi connectivity index (χ3v) is 5.15. The third-order valence-electron chi connectivity index (χ3n) is 5.15. The van der Waals surface area contributed by atoms with Gasteiger partial charge in [-0.2, -0.15) is 15.5 Å². The van der Waals surface area contributed by atoms with Gasteiger partial charge in [0, 0.05) is 12.2 Å². The second-order valence-corrected chi connectivity index (χ2v) is 7.25. The second kappa shape index (κ2) is 9.00. The van der Waals surface area contributed by atoms with Crippen molar-refractivity contribution >= 4 is 5.82 Å². The number of hydrogen-bond acceptors (Lipinski definition) is 8. The van der Waals surface area contributed by atoms with Crippen molar-refractivity contribution in [2.45, 2.75) is 31.5 Å². The zero-order valence-corrected chi connectivity index (χ0v) is 16.5. The lowest BCUT2D eigenvalue weighted by Crippen LogP contribution is -2.38. The fraction of sp³-hybridized carbons (Fsp3) is 0.409. The SMILES string of the molecule is N#Cc1c(N)nc(OCC2CCCCO2)c(C#N)c1-c1ccc(OC2COC2)cc1. The van der Waals surface area contributed by atoms with Crippen LogP contribution in [0.4, 0.5) is 5.82 Å². The molecule has 1 aromatic heterocycles. The molecule has 2 aromatic rings. The summed E-state index contributed by atoms with van der Waals surface area (Å²) < 4.78 is 22.4. The van der Waals surface area contributed by atoms with Crippen LogP contribution >= 0.6 is 0 Å². The van der Waals surface area contributed by atoms with Crippen molar-refractivity contribution in [1.29, 1.82) is 10.5 Å². The molecule has 0 saturated carbocycles. The summed E-state index contributed by atoms with van der Waals surface area (Å²) in [5, 5.41) is 19.5. The van der Waals surface area contributed by atoms with E-state index < -0.39 is 0 Å². The zero-order chi connectivity index (χ0) is 20.9. The van der Waals surface area contributed by atoms with Crippen LogP contribution < -0.4 is 15.2 Å². The predicted molar refractivity (Wildman–Crippen MR) is 108 cm³/mol. The number of nitrogens with two attached hydrogens (primary N) is 1. The van der Waals surface area contributed by atoms with E-state index >= 15 is 0 Å². The topological polar surface area (TPSA) is 123 Å². The Morgan fingerprint density at radius 1 is 1.10 bits per heavy atom. The first kappa shape index (κ1) is 20.0. The number of nitrogen functional groups attached to an aromatic ring is 1. The van der Waals surface area contributed by atoms with Gasteiger partial charge >= 0.3 is 0 Å². The van der Waals surface area contributed by atoms with Crippen LogP contribution in [0.15, 0.2) is 24.3 Å². The van der Waals surface area contributed by atoms with Crippen LogP contribution in [0.25, 0.3) is 11.1 Å². The highest BCUT2D eigenvalue weighted by molar-refractivity contribution is 5.82. The second-order valence-electron chi connectivity index (χ2n) is 7.25. The lowest BCUT2D eigenvalue weighted by atomic mass is 9.96. The molecule has 0 aliphatic carbocycles. The Morgan fingerprint density at radius 3 is 2.47 bits per heavy atom. The van der Waals surface area contributed by atoms with Crippen molar-refractivity contribution in [3.63, 3.8) is 0 Å². The Balaban J connectivity index is 1.64. The summed E-state index contributed by atoms with van der Waals surface area (Å²) in [6.07, 6.45) is 3.03. The summed E-state index contributed by atoms with van der Waals surface area (Å²) in [6, 6.07) is 11.4. The highest BCUT2D eigenvalue weighted by atomic mass is 16.6. The van der Waals surface area contributed by atoms with Crippen molar-refractivity contribution < 1.29 is 18.9 Å². The normalized spacial score (nSPS) is 18.7. The van der Waals surface area contributed by atoms with Gasteiger partial charge in [0.15, 0.2) is 0 Å². The van der Waals surface area contributed by atoms with E-state index in [2.05, 4.69) is 17.1 Å². The quantitative estimate of drug-likeness (QED) is 0.777. The average molecular weight is 406 g/mol. The first-order chi connectivity index (χ1) is 14.7. The maximum Gasteiger partial charge on any atom is 0.234 e. The third kappa shape index (κ3) is 4.16. The highest BCUT2D eigenvalue weighted by Crippen LogP contribution is 2.36. The molecular weight excluding hydrogens is 384 g/mol.